The van der Waals surface area contributed by atoms with E-state index in [2.05, 4.69) is 22.3 Å². The number of morpholine rings is 1. The van der Waals surface area contributed by atoms with Gasteiger partial charge in [0.25, 0.3) is 5.91 Å². The lowest BCUT2D eigenvalue weighted by molar-refractivity contribution is -0.136. The van der Waals surface area contributed by atoms with E-state index in [1.165, 1.54) is 5.56 Å². The lowest BCUT2D eigenvalue weighted by atomic mass is 10.0. The first-order valence-electron chi connectivity index (χ1n) is 13.0. The van der Waals surface area contributed by atoms with Gasteiger partial charge < -0.3 is 15.0 Å². The van der Waals surface area contributed by atoms with E-state index in [-0.39, 0.29) is 6.54 Å². The molecule has 2 aromatic rings. The Hall–Kier alpha value is -3.23. The Kier molecular flexibility index (Phi) is 4.88. The lowest BCUT2D eigenvalue weighted by Crippen LogP contribution is -2.52. The van der Waals surface area contributed by atoms with Crippen LogP contribution in [0.1, 0.15) is 45.3 Å². The summed E-state index contributed by atoms with van der Waals surface area (Å²) in [4.78, 5) is 41.1. The Balaban J connectivity index is 1.29. The van der Waals surface area contributed by atoms with Gasteiger partial charge in [0.15, 0.2) is 0 Å². The normalized spacial score (nSPS) is 26.0. The number of carbonyl (C=O) groups excluding carboxylic acids is 3. The van der Waals surface area contributed by atoms with Crippen LogP contribution in [-0.4, -0.2) is 59.9 Å². The fourth-order valence-electron chi connectivity index (χ4n) is 4.34. The highest BCUT2D eigenvalue weighted by Gasteiger charge is 2.39. The largest absolute Gasteiger partial charge is 0.381 e. The summed E-state index contributed by atoms with van der Waals surface area (Å²) in [6.07, 6.45) is -5.88. The number of ether oxygens (including phenoxy) is 1. The van der Waals surface area contributed by atoms with Gasteiger partial charge in [-0.1, -0.05) is 30.3 Å². The number of hydrogen-bond donors (Lipinski definition) is 2. The quantitative estimate of drug-likeness (QED) is 0.651. The molecule has 2 N–H and O–H groups in total. The van der Waals surface area contributed by atoms with Crippen molar-refractivity contribution in [2.24, 2.45) is 0 Å². The number of anilines is 1. The standard InChI is InChI=1S/C25H28N4O4/c30-23-9-8-22(24(31)27-23)29-16-20-19(25(29)32)2-1-3-21(20)26-14-17-4-6-18(7-5-17)15-28-10-12-33-13-11-28/h1-7,22,26H,8-16H2,(H,27,30,31)/t22-/m0/s1/i8D2,9D2. The van der Waals surface area contributed by atoms with Crippen LogP contribution in [-0.2, 0) is 34.0 Å². The van der Waals surface area contributed by atoms with Gasteiger partial charge in [-0.15, -0.1) is 0 Å². The van der Waals surface area contributed by atoms with Gasteiger partial charge in [0.1, 0.15) is 6.04 Å². The summed E-state index contributed by atoms with van der Waals surface area (Å²) >= 11 is 0. The molecular formula is C25H28N4O4. The number of hydrogen-bond acceptors (Lipinski definition) is 6. The molecule has 5 rings (SSSR count). The maximum atomic E-state index is 13.2. The molecule has 0 bridgehead atoms. The Labute approximate surface area is 198 Å². The average molecular weight is 453 g/mol. The molecule has 0 saturated carbocycles. The van der Waals surface area contributed by atoms with Crippen LogP contribution < -0.4 is 10.6 Å². The first-order chi connectivity index (χ1) is 17.6. The van der Waals surface area contributed by atoms with Gasteiger partial charge in [0.05, 0.1) is 13.2 Å². The van der Waals surface area contributed by atoms with Gasteiger partial charge in [-0.2, -0.15) is 0 Å². The Morgan fingerprint density at radius 3 is 2.61 bits per heavy atom. The molecule has 3 heterocycles. The zero-order chi connectivity index (χ0) is 26.4. The van der Waals surface area contributed by atoms with E-state index >= 15 is 0 Å². The number of amides is 3. The predicted octanol–water partition coefficient (Wildman–Crippen LogP) is 1.89. The number of nitrogens with one attached hydrogen (secondary N) is 2. The third kappa shape index (κ3) is 4.62. The summed E-state index contributed by atoms with van der Waals surface area (Å²) in [6, 6.07) is 11.6. The molecule has 0 radical (unpaired) electrons. The van der Waals surface area contributed by atoms with E-state index in [0.29, 0.717) is 23.4 Å². The number of imide groups is 1. The second-order valence-electron chi connectivity index (χ2n) is 8.31. The minimum atomic E-state index is -2.98. The Morgan fingerprint density at radius 2 is 1.82 bits per heavy atom. The molecule has 3 amide bonds. The van der Waals surface area contributed by atoms with Crippen LogP contribution in [0.2, 0.25) is 0 Å². The fourth-order valence-corrected chi connectivity index (χ4v) is 4.34. The summed E-state index contributed by atoms with van der Waals surface area (Å²) in [5.74, 6) is -2.96. The van der Waals surface area contributed by atoms with Crippen molar-refractivity contribution in [3.63, 3.8) is 0 Å². The summed E-state index contributed by atoms with van der Waals surface area (Å²) in [5.41, 5.74) is 3.83. The molecule has 8 heteroatoms. The molecule has 33 heavy (non-hydrogen) atoms. The minimum absolute atomic E-state index is 0.0856. The van der Waals surface area contributed by atoms with Gasteiger partial charge >= 0.3 is 0 Å². The highest BCUT2D eigenvalue weighted by molar-refractivity contribution is 6.06. The topological polar surface area (TPSA) is 91.0 Å². The Morgan fingerprint density at radius 1 is 1.06 bits per heavy atom. The zero-order valence-corrected chi connectivity index (χ0v) is 18.1. The molecule has 3 aliphatic rings. The highest BCUT2D eigenvalue weighted by atomic mass is 16.5. The van der Waals surface area contributed by atoms with Crippen molar-refractivity contribution in [3.8, 4) is 0 Å². The van der Waals surface area contributed by atoms with Crippen molar-refractivity contribution in [3.05, 3.63) is 64.7 Å². The summed E-state index contributed by atoms with van der Waals surface area (Å²) in [5, 5.41) is 5.21. The number of piperidine rings is 1. The van der Waals surface area contributed by atoms with Crippen LogP contribution in [0.15, 0.2) is 42.5 Å². The maximum Gasteiger partial charge on any atom is 0.255 e. The highest BCUT2D eigenvalue weighted by Crippen LogP contribution is 2.32. The number of carbonyl (C=O) groups is 3. The molecule has 0 aromatic heterocycles. The number of nitrogens with zero attached hydrogens (tertiary/aromatic N) is 2. The van der Waals surface area contributed by atoms with Crippen molar-refractivity contribution < 1.29 is 24.6 Å². The third-order valence-corrected chi connectivity index (χ3v) is 6.13. The average Bonchev–Trinajstić information content (AvgIpc) is 3.19. The van der Waals surface area contributed by atoms with E-state index in [0.717, 1.165) is 43.3 Å². The fraction of sp³-hybridized carbons (Fsp3) is 0.400. The summed E-state index contributed by atoms with van der Waals surface area (Å²) in [7, 11) is 0. The van der Waals surface area contributed by atoms with Crippen molar-refractivity contribution >= 4 is 23.4 Å². The number of benzene rings is 2. The van der Waals surface area contributed by atoms with Gasteiger partial charge in [-0.25, -0.2) is 0 Å². The molecule has 2 aromatic carbocycles. The van der Waals surface area contributed by atoms with Crippen LogP contribution >= 0.6 is 0 Å². The van der Waals surface area contributed by atoms with Crippen molar-refractivity contribution in [1.82, 2.24) is 15.1 Å². The molecule has 0 spiro atoms. The molecule has 3 aliphatic heterocycles. The van der Waals surface area contributed by atoms with Crippen LogP contribution in [0.4, 0.5) is 5.69 Å². The van der Waals surface area contributed by atoms with Crippen LogP contribution in [0.3, 0.4) is 0 Å². The maximum absolute atomic E-state index is 13.2. The first kappa shape index (κ1) is 17.3. The van der Waals surface area contributed by atoms with Crippen LogP contribution in [0.5, 0.6) is 0 Å². The molecule has 2 fully saturated rings. The molecular weight excluding hydrogens is 420 g/mol. The van der Waals surface area contributed by atoms with Crippen molar-refractivity contribution in [2.75, 3.05) is 31.6 Å². The van der Waals surface area contributed by atoms with Crippen LogP contribution in [0, 0.1) is 0 Å². The van der Waals surface area contributed by atoms with Gasteiger partial charge in [0.2, 0.25) is 11.8 Å². The minimum Gasteiger partial charge on any atom is -0.381 e. The second kappa shape index (κ2) is 9.33. The van der Waals surface area contributed by atoms with E-state index in [1.807, 2.05) is 17.4 Å². The molecule has 2 saturated heterocycles. The molecule has 8 nitrogen and oxygen atoms in total. The van der Waals surface area contributed by atoms with Crippen molar-refractivity contribution in [1.29, 1.82) is 0 Å². The SMILES string of the molecule is [2H]C1([2H])C(=O)NC(=O)[C@@H](N2Cc3c(NCc4ccc(CN5CCOCC5)cc4)cccc3C2=O)C1([2H])[2H]. The van der Waals surface area contributed by atoms with Gasteiger partial charge in [0, 0.05) is 61.4 Å². The second-order valence-corrected chi connectivity index (χ2v) is 8.31. The summed E-state index contributed by atoms with van der Waals surface area (Å²) < 4.78 is 37.7. The third-order valence-electron chi connectivity index (χ3n) is 6.13. The lowest BCUT2D eigenvalue weighted by Gasteiger charge is -2.29. The monoisotopic (exact) mass is 452 g/mol. The molecule has 0 unspecified atom stereocenters. The predicted molar refractivity (Wildman–Crippen MR) is 122 cm³/mol. The number of rotatable bonds is 6. The van der Waals surface area contributed by atoms with Crippen molar-refractivity contribution in [2.45, 2.75) is 38.4 Å². The van der Waals surface area contributed by atoms with E-state index in [9.17, 15) is 14.4 Å². The molecule has 172 valence electrons. The molecule has 0 aliphatic carbocycles. The molecule has 1 atom stereocenters. The van der Waals surface area contributed by atoms with Gasteiger partial charge in [-0.3, -0.25) is 24.6 Å². The number of fused-ring (bicyclic) bond motifs is 1. The summed E-state index contributed by atoms with van der Waals surface area (Å²) in [6.45, 7) is 4.62. The zero-order valence-electron chi connectivity index (χ0n) is 22.1. The van der Waals surface area contributed by atoms with E-state index in [4.69, 9.17) is 10.2 Å². The Bertz CT molecular complexity index is 1230. The first-order valence-corrected chi connectivity index (χ1v) is 11.0. The van der Waals surface area contributed by atoms with E-state index < -0.39 is 36.5 Å². The smallest absolute Gasteiger partial charge is 0.255 e. The van der Waals surface area contributed by atoms with Gasteiger partial charge in [-0.05, 0) is 29.6 Å². The van der Waals surface area contributed by atoms with E-state index in [1.54, 1.807) is 18.2 Å². The van der Waals surface area contributed by atoms with Crippen LogP contribution in [0.25, 0.3) is 0 Å².